The molecular formula is C18H29N3O3S. The zero-order valence-corrected chi connectivity index (χ0v) is 16.4. The maximum Gasteiger partial charge on any atom is 0.232 e. The Hall–Kier alpha value is -1.76. The van der Waals surface area contributed by atoms with Gasteiger partial charge in [0.05, 0.1) is 18.5 Å². The molecule has 6 nitrogen and oxygen atoms in total. The summed E-state index contributed by atoms with van der Waals surface area (Å²) in [4.78, 5) is 14.2. The van der Waals surface area contributed by atoms with E-state index in [0.29, 0.717) is 5.69 Å². The van der Waals surface area contributed by atoms with E-state index in [2.05, 4.69) is 10.2 Å². The molecule has 0 saturated carbocycles. The molecule has 0 unspecified atom stereocenters. The standard InChI is InChI=1S/C18H29N3O3S/c1-18(2,3)17(22)19-11-14-21(25(4,23)24)16-9-7-15(8-10-16)20-12-5-6-13-20/h7-10H,5-6,11-14H2,1-4H3,(H,19,22). The molecule has 1 aliphatic rings. The number of nitrogens with zero attached hydrogens (tertiary/aromatic N) is 2. The first-order chi connectivity index (χ1) is 11.6. The number of nitrogens with one attached hydrogen (secondary N) is 1. The summed E-state index contributed by atoms with van der Waals surface area (Å²) in [5, 5.41) is 2.80. The van der Waals surface area contributed by atoms with Crippen LogP contribution < -0.4 is 14.5 Å². The topological polar surface area (TPSA) is 69.7 Å². The fraction of sp³-hybridized carbons (Fsp3) is 0.611. The smallest absolute Gasteiger partial charge is 0.232 e. The van der Waals surface area contributed by atoms with E-state index in [1.54, 1.807) is 0 Å². The number of benzene rings is 1. The van der Waals surface area contributed by atoms with Gasteiger partial charge in [0.2, 0.25) is 15.9 Å². The Labute approximate surface area is 151 Å². The van der Waals surface area contributed by atoms with Gasteiger partial charge in [-0.15, -0.1) is 0 Å². The number of rotatable bonds is 6. The minimum absolute atomic E-state index is 0.0923. The Bertz CT molecular complexity index is 687. The lowest BCUT2D eigenvalue weighted by molar-refractivity contribution is -0.128. The molecule has 2 rings (SSSR count). The average Bonchev–Trinajstić information content (AvgIpc) is 3.04. The molecule has 0 aromatic heterocycles. The van der Waals surface area contributed by atoms with Gasteiger partial charge in [0.1, 0.15) is 0 Å². The highest BCUT2D eigenvalue weighted by molar-refractivity contribution is 7.92. The van der Waals surface area contributed by atoms with Crippen LogP contribution in [0.2, 0.25) is 0 Å². The fourth-order valence-corrected chi connectivity index (χ4v) is 3.76. The summed E-state index contributed by atoms with van der Waals surface area (Å²) in [6, 6.07) is 7.60. The second-order valence-electron chi connectivity index (χ2n) is 7.55. The van der Waals surface area contributed by atoms with Gasteiger partial charge in [0.25, 0.3) is 0 Å². The minimum atomic E-state index is -3.41. The second-order valence-corrected chi connectivity index (χ2v) is 9.46. The minimum Gasteiger partial charge on any atom is -0.372 e. The van der Waals surface area contributed by atoms with Crippen LogP contribution in [0, 0.1) is 5.41 Å². The quantitative estimate of drug-likeness (QED) is 0.837. The molecule has 0 aliphatic carbocycles. The van der Waals surface area contributed by atoms with E-state index in [0.717, 1.165) is 18.8 Å². The summed E-state index contributed by atoms with van der Waals surface area (Å²) < 4.78 is 25.6. The van der Waals surface area contributed by atoms with Gasteiger partial charge in [0.15, 0.2) is 0 Å². The van der Waals surface area contributed by atoms with E-state index in [-0.39, 0.29) is 19.0 Å². The molecule has 0 radical (unpaired) electrons. The molecule has 1 N–H and O–H groups in total. The maximum absolute atomic E-state index is 12.1. The molecular weight excluding hydrogens is 338 g/mol. The number of anilines is 2. The van der Waals surface area contributed by atoms with Gasteiger partial charge in [-0.05, 0) is 37.1 Å². The van der Waals surface area contributed by atoms with E-state index in [1.807, 2.05) is 45.0 Å². The van der Waals surface area contributed by atoms with E-state index in [9.17, 15) is 13.2 Å². The predicted octanol–water partition coefficient (Wildman–Crippen LogP) is 2.22. The molecule has 1 amide bonds. The lowest BCUT2D eigenvalue weighted by Crippen LogP contribution is -2.41. The van der Waals surface area contributed by atoms with E-state index < -0.39 is 15.4 Å². The zero-order chi connectivity index (χ0) is 18.7. The van der Waals surface area contributed by atoms with Crippen LogP contribution in [-0.2, 0) is 14.8 Å². The third-order valence-corrected chi connectivity index (χ3v) is 5.48. The van der Waals surface area contributed by atoms with Gasteiger partial charge >= 0.3 is 0 Å². The van der Waals surface area contributed by atoms with Crippen LogP contribution in [0.5, 0.6) is 0 Å². The number of amides is 1. The number of sulfonamides is 1. The molecule has 1 fully saturated rings. The van der Waals surface area contributed by atoms with E-state index in [4.69, 9.17) is 0 Å². The first-order valence-corrected chi connectivity index (χ1v) is 10.5. The van der Waals surface area contributed by atoms with Crippen LogP contribution in [0.15, 0.2) is 24.3 Å². The van der Waals surface area contributed by atoms with Crippen molar-refractivity contribution in [3.05, 3.63) is 24.3 Å². The molecule has 25 heavy (non-hydrogen) atoms. The monoisotopic (exact) mass is 367 g/mol. The van der Waals surface area contributed by atoms with Crippen LogP contribution in [0.4, 0.5) is 11.4 Å². The highest BCUT2D eigenvalue weighted by Gasteiger charge is 2.22. The maximum atomic E-state index is 12.1. The molecule has 7 heteroatoms. The predicted molar refractivity (Wildman–Crippen MR) is 103 cm³/mol. The SMILES string of the molecule is CC(C)(C)C(=O)NCCN(c1ccc(N2CCCC2)cc1)S(C)(=O)=O. The normalized spacial score (nSPS) is 15.3. The zero-order valence-electron chi connectivity index (χ0n) is 15.6. The van der Waals surface area contributed by atoms with Gasteiger partial charge in [-0.2, -0.15) is 0 Å². The van der Waals surface area contributed by atoms with Crippen molar-refractivity contribution in [2.45, 2.75) is 33.6 Å². The van der Waals surface area contributed by atoms with Crippen molar-refractivity contribution in [3.8, 4) is 0 Å². The average molecular weight is 368 g/mol. The van der Waals surface area contributed by atoms with Gasteiger partial charge in [0, 0.05) is 30.7 Å². The third-order valence-electron chi connectivity index (χ3n) is 4.29. The van der Waals surface area contributed by atoms with Gasteiger partial charge in [-0.3, -0.25) is 9.10 Å². The summed E-state index contributed by atoms with van der Waals surface area (Å²) in [7, 11) is -3.41. The van der Waals surface area contributed by atoms with Crippen molar-refractivity contribution in [1.82, 2.24) is 5.32 Å². The molecule has 140 valence electrons. The summed E-state index contributed by atoms with van der Waals surface area (Å²) in [5.74, 6) is -0.0923. The highest BCUT2D eigenvalue weighted by atomic mass is 32.2. The fourth-order valence-electron chi connectivity index (χ4n) is 2.83. The molecule has 0 atom stereocenters. The van der Waals surface area contributed by atoms with Crippen LogP contribution in [0.1, 0.15) is 33.6 Å². The first-order valence-electron chi connectivity index (χ1n) is 8.70. The van der Waals surface area contributed by atoms with Gasteiger partial charge in [-0.1, -0.05) is 20.8 Å². The molecule has 0 spiro atoms. The van der Waals surface area contributed by atoms with Crippen LogP contribution in [-0.4, -0.2) is 46.8 Å². The number of carbonyl (C=O) groups is 1. The Balaban J connectivity index is 2.06. The molecule has 1 saturated heterocycles. The van der Waals surface area contributed by atoms with Crippen molar-refractivity contribution in [2.24, 2.45) is 5.41 Å². The van der Waals surface area contributed by atoms with Crippen molar-refractivity contribution in [1.29, 1.82) is 0 Å². The molecule has 1 heterocycles. The van der Waals surface area contributed by atoms with Crippen LogP contribution >= 0.6 is 0 Å². The van der Waals surface area contributed by atoms with E-state index >= 15 is 0 Å². The summed E-state index contributed by atoms with van der Waals surface area (Å²) >= 11 is 0. The van der Waals surface area contributed by atoms with Gasteiger partial charge < -0.3 is 10.2 Å². The summed E-state index contributed by atoms with van der Waals surface area (Å²) in [6.07, 6.45) is 3.59. The van der Waals surface area contributed by atoms with Crippen molar-refractivity contribution in [2.75, 3.05) is 41.6 Å². The van der Waals surface area contributed by atoms with Crippen LogP contribution in [0.25, 0.3) is 0 Å². The Morgan fingerprint density at radius 2 is 1.72 bits per heavy atom. The van der Waals surface area contributed by atoms with Crippen LogP contribution in [0.3, 0.4) is 0 Å². The first kappa shape index (κ1) is 19.6. The van der Waals surface area contributed by atoms with E-state index in [1.165, 1.54) is 23.4 Å². The number of hydrogen-bond acceptors (Lipinski definition) is 4. The lowest BCUT2D eigenvalue weighted by atomic mass is 9.96. The molecule has 1 aliphatic heterocycles. The summed E-state index contributed by atoms with van der Waals surface area (Å²) in [5.41, 5.74) is 1.25. The van der Waals surface area contributed by atoms with Crippen molar-refractivity contribution >= 4 is 27.3 Å². The highest BCUT2D eigenvalue weighted by Crippen LogP contribution is 2.25. The van der Waals surface area contributed by atoms with Crippen molar-refractivity contribution < 1.29 is 13.2 Å². The second kappa shape index (κ2) is 7.64. The number of hydrogen-bond donors (Lipinski definition) is 1. The molecule has 0 bridgehead atoms. The third kappa shape index (κ3) is 5.36. The number of carbonyl (C=O) groups excluding carboxylic acids is 1. The molecule has 1 aromatic rings. The van der Waals surface area contributed by atoms with Gasteiger partial charge in [-0.25, -0.2) is 8.42 Å². The largest absolute Gasteiger partial charge is 0.372 e. The molecule has 1 aromatic carbocycles. The lowest BCUT2D eigenvalue weighted by Gasteiger charge is -2.25. The summed E-state index contributed by atoms with van der Waals surface area (Å²) in [6.45, 7) is 8.07. The Morgan fingerprint density at radius 1 is 1.16 bits per heavy atom. The Kier molecular flexibility index (Phi) is 5.98. The Morgan fingerprint density at radius 3 is 2.20 bits per heavy atom. The van der Waals surface area contributed by atoms with Crippen molar-refractivity contribution in [3.63, 3.8) is 0 Å².